The van der Waals surface area contributed by atoms with Gasteiger partial charge in [-0.3, -0.25) is 11.6 Å². The molecule has 0 fully saturated rings. The minimum absolute atomic E-state index is 0.0469. The molecule has 1 amide bonds. The third kappa shape index (κ3) is 17.5. The van der Waals surface area contributed by atoms with Gasteiger partial charge in [0.2, 0.25) is 0 Å². The minimum atomic E-state index is -0.758. The molecule has 9 heteroatoms. The Balaban J connectivity index is 0.000000357. The molecular weight excluding hydrogens is 815 g/mol. The molecule has 54 heavy (non-hydrogen) atoms. The van der Waals surface area contributed by atoms with Crippen LogP contribution >= 0.6 is 25.5 Å². The fourth-order valence-electron chi connectivity index (χ4n) is 5.44. The zero-order chi connectivity index (χ0) is 39.2. The third-order valence-corrected chi connectivity index (χ3v) is 13.7. The van der Waals surface area contributed by atoms with Crippen LogP contribution in [0.15, 0.2) is 182 Å². The predicted octanol–water partition coefficient (Wildman–Crippen LogP) is 7.02. The van der Waals surface area contributed by atoms with Crippen molar-refractivity contribution in [3.8, 4) is 0 Å². The number of amides is 1. The molecule has 0 unspecified atom stereocenters. The van der Waals surface area contributed by atoms with Crippen molar-refractivity contribution in [2.24, 2.45) is 0 Å². The summed E-state index contributed by atoms with van der Waals surface area (Å²) >= 11 is 1.62. The Morgan fingerprint density at radius 2 is 0.833 bits per heavy atom. The second-order valence-electron chi connectivity index (χ2n) is 11.9. The van der Waals surface area contributed by atoms with Gasteiger partial charge in [-0.15, -0.1) is 0 Å². The first-order valence-corrected chi connectivity index (χ1v) is 23.3. The van der Waals surface area contributed by atoms with E-state index in [1.54, 1.807) is 36.3 Å². The Labute approximate surface area is 339 Å². The van der Waals surface area contributed by atoms with Crippen molar-refractivity contribution in [3.05, 3.63) is 193 Å². The number of nitrogens with one attached hydrogen (secondary N) is 1. The van der Waals surface area contributed by atoms with Crippen LogP contribution in [-0.2, 0) is 28.7 Å². The Hall–Kier alpha value is -3.85. The van der Waals surface area contributed by atoms with Gasteiger partial charge in [0.15, 0.2) is 0 Å². The van der Waals surface area contributed by atoms with E-state index in [9.17, 15) is 4.79 Å². The summed E-state index contributed by atoms with van der Waals surface area (Å²) in [5, 5.41) is 18.3. The van der Waals surface area contributed by atoms with Crippen LogP contribution in [0, 0.1) is 0 Å². The molecule has 2 N–H and O–H groups in total. The number of hydrogen-bond donors (Lipinski definition) is 2. The summed E-state index contributed by atoms with van der Waals surface area (Å²) in [5.41, 5.74) is 1.70. The standard InChI is InChI=1S/C28H29NP2.C9H11NO.C7H8O.CHO.ClH.Ru.H/c1-5-13-25(14-6-1)30(26-15-7-2-8-16-26)23-21-29-22-24-31(27-17-9-3-10-18-27)28-19-11-4-12-20-28;1-10(2)9(11)8-6-4-3-5-7-8;8-6-7-4-2-1-3-5-7;1-2;;;/h1-20,29H,21-24H2;3-7H,1-2H3;1-5,8H,6H2;1H;1H;;/q;;;-1;;+3;/p+1. The molecule has 6 rings (SSSR count). The summed E-state index contributed by atoms with van der Waals surface area (Å²) in [4.78, 5) is 20.6. The van der Waals surface area contributed by atoms with Gasteiger partial charge in [0.05, 0.1) is 56.0 Å². The van der Waals surface area contributed by atoms with E-state index in [1.807, 2.05) is 60.7 Å². The van der Waals surface area contributed by atoms with Crippen LogP contribution < -0.4 is 26.5 Å². The number of carbonyl (C=O) groups is 1. The molecule has 0 saturated heterocycles. The van der Waals surface area contributed by atoms with E-state index in [1.165, 1.54) is 33.5 Å². The smallest absolute Gasteiger partial charge is 0.0967 e. The van der Waals surface area contributed by atoms with Gasteiger partial charge in [-0.2, -0.15) is 0 Å². The molecule has 0 aromatic heterocycles. The maximum Gasteiger partial charge on any atom is 0.0967 e. The summed E-state index contributed by atoms with van der Waals surface area (Å²) in [7, 11) is 6.58. The van der Waals surface area contributed by atoms with Gasteiger partial charge in [0, 0.05) is 32.7 Å². The number of nitrogens with zero attached hydrogens (tertiary/aromatic N) is 1. The molecule has 6 aromatic rings. The molecular formula is C45H52ClN2O3P2Ru+3. The van der Waals surface area contributed by atoms with E-state index in [0.29, 0.717) is 0 Å². The zero-order valence-electron chi connectivity index (χ0n) is 30.9. The normalized spacial score (nSPS) is 9.83. The average molecular weight is 867 g/mol. The van der Waals surface area contributed by atoms with Crippen molar-refractivity contribution in [3.63, 3.8) is 0 Å². The van der Waals surface area contributed by atoms with Gasteiger partial charge in [-0.05, 0) is 66.2 Å². The Morgan fingerprint density at radius 3 is 1.09 bits per heavy atom. The zero-order valence-corrected chi connectivity index (χ0v) is 35.5. The summed E-state index contributed by atoms with van der Waals surface area (Å²) < 4.78 is 0. The van der Waals surface area contributed by atoms with Crippen molar-refractivity contribution in [1.82, 2.24) is 10.2 Å². The summed E-state index contributed by atoms with van der Waals surface area (Å²) in [5.74, 6) is 0.0469. The molecule has 0 aliphatic carbocycles. The van der Waals surface area contributed by atoms with Crippen molar-refractivity contribution in [2.45, 2.75) is 6.61 Å². The van der Waals surface area contributed by atoms with E-state index in [0.717, 1.165) is 24.2 Å². The molecule has 282 valence electrons. The number of hydrogen-bond acceptors (Lipinski definition) is 4. The molecule has 0 saturated carbocycles. The topological polar surface area (TPSA) is 69.6 Å². The van der Waals surface area contributed by atoms with Crippen LogP contribution in [0.5, 0.6) is 0 Å². The van der Waals surface area contributed by atoms with Crippen molar-refractivity contribution in [1.29, 1.82) is 0 Å². The molecule has 0 heterocycles. The van der Waals surface area contributed by atoms with Crippen LogP contribution in [0.1, 0.15) is 15.9 Å². The van der Waals surface area contributed by atoms with Gasteiger partial charge in [-0.1, -0.05) is 121 Å². The molecule has 0 aliphatic rings. The van der Waals surface area contributed by atoms with Crippen LogP contribution in [0.2, 0.25) is 0 Å². The van der Waals surface area contributed by atoms with E-state index in [4.69, 9.17) is 9.90 Å². The third-order valence-electron chi connectivity index (χ3n) is 8.04. The SMILES string of the molecule is CN(C)C(=O)c1ccccc1.OCc1ccccc1.[CH-]=O.[Cl][RuH+2].c1ccc([PH+](CCNCC[PH+](c2ccccc2)c2ccccc2)c2ccccc2)cc1. The first-order chi connectivity index (χ1) is 26.6. The largest absolute Gasteiger partial charge is 0.310 e. The monoisotopic (exact) mass is 867 g/mol. The van der Waals surface area contributed by atoms with E-state index in [2.05, 4.69) is 143 Å². The van der Waals surface area contributed by atoms with E-state index < -0.39 is 15.8 Å². The van der Waals surface area contributed by atoms with Gasteiger partial charge in [0.1, 0.15) is 0 Å². The first kappa shape index (κ1) is 46.3. The molecule has 0 atom stereocenters. The second-order valence-corrected chi connectivity index (χ2v) is 17.1. The van der Waals surface area contributed by atoms with Gasteiger partial charge in [-0.25, -0.2) is 0 Å². The van der Waals surface area contributed by atoms with Crippen molar-refractivity contribution >= 4 is 59.4 Å². The van der Waals surface area contributed by atoms with Crippen LogP contribution in [0.4, 0.5) is 0 Å². The number of rotatable bonds is 12. The molecule has 0 spiro atoms. The maximum atomic E-state index is 11.3. The van der Waals surface area contributed by atoms with Crippen molar-refractivity contribution in [2.75, 3.05) is 39.5 Å². The Bertz CT molecular complexity index is 1620. The minimum Gasteiger partial charge on any atom is -0.310 e. The Morgan fingerprint density at radius 1 is 0.556 bits per heavy atom. The average Bonchev–Trinajstić information content (AvgIpc) is 3.27. The maximum absolute atomic E-state index is 11.3. The fraction of sp³-hybridized carbons (Fsp3) is 0.156. The van der Waals surface area contributed by atoms with Crippen LogP contribution in [0.25, 0.3) is 0 Å². The van der Waals surface area contributed by atoms with Crippen LogP contribution in [-0.4, -0.2) is 62.2 Å². The molecule has 0 aliphatic heterocycles. The molecule has 5 nitrogen and oxygen atoms in total. The first-order valence-electron chi connectivity index (χ1n) is 17.5. The molecule has 0 radical (unpaired) electrons. The quantitative estimate of drug-likeness (QED) is 0.0457. The summed E-state index contributed by atoms with van der Waals surface area (Å²) in [6.45, 7) is 5.52. The molecule has 0 bridgehead atoms. The van der Waals surface area contributed by atoms with Gasteiger partial charge >= 0.3 is 27.0 Å². The summed E-state index contributed by atoms with van der Waals surface area (Å²) in [6.07, 6.45) is 2.41. The van der Waals surface area contributed by atoms with E-state index in [-0.39, 0.29) is 12.5 Å². The number of benzene rings is 6. The predicted molar refractivity (Wildman–Crippen MR) is 234 cm³/mol. The van der Waals surface area contributed by atoms with E-state index >= 15 is 0 Å². The van der Waals surface area contributed by atoms with Crippen molar-refractivity contribution < 1.29 is 32.0 Å². The summed E-state index contributed by atoms with van der Waals surface area (Å²) in [6, 6.07) is 63.0. The van der Waals surface area contributed by atoms with Gasteiger partial charge in [0.25, 0.3) is 5.91 Å². The number of aliphatic hydroxyl groups is 1. The number of aliphatic hydroxyl groups excluding tert-OH is 1. The van der Waals surface area contributed by atoms with Gasteiger partial charge < -0.3 is 20.1 Å². The Kier molecular flexibility index (Phi) is 25.3. The fourth-order valence-corrected chi connectivity index (χ4v) is 10.5. The molecule has 6 aromatic carbocycles. The second kappa shape index (κ2) is 29.5. The number of carbonyl (C=O) groups excluding carboxylic acids is 2. The van der Waals surface area contributed by atoms with Crippen LogP contribution in [0.3, 0.4) is 0 Å². The number of halogens is 1.